The second kappa shape index (κ2) is 7.87. The summed E-state index contributed by atoms with van der Waals surface area (Å²) in [6.45, 7) is 7.97. The molecule has 0 aliphatic heterocycles. The highest BCUT2D eigenvalue weighted by atomic mass is 35.5. The number of aromatic nitrogens is 2. The summed E-state index contributed by atoms with van der Waals surface area (Å²) >= 11 is 12.0. The van der Waals surface area contributed by atoms with Gasteiger partial charge in [0.15, 0.2) is 14.9 Å². The average molecular weight is 390 g/mol. The van der Waals surface area contributed by atoms with Gasteiger partial charge in [-0.3, -0.25) is 0 Å². The van der Waals surface area contributed by atoms with Crippen LogP contribution in [0.4, 0.5) is 0 Å². The van der Waals surface area contributed by atoms with Crippen LogP contribution in [0.5, 0.6) is 0 Å². The molecule has 0 saturated carbocycles. The first-order chi connectivity index (χ1) is 11.3. The third-order valence-corrected chi connectivity index (χ3v) is 6.20. The van der Waals surface area contributed by atoms with Crippen molar-refractivity contribution in [1.29, 1.82) is 0 Å². The van der Waals surface area contributed by atoms with E-state index in [2.05, 4.69) is 10.00 Å². The molecule has 0 aliphatic rings. The number of hydrogen-bond donors (Lipinski definition) is 0. The Hall–Kier alpha value is -1.08. The maximum Gasteiger partial charge on any atom is 0.198 e. The average Bonchev–Trinajstić information content (AvgIpc) is 2.94. The second-order valence-corrected chi connectivity index (χ2v) is 8.35. The van der Waals surface area contributed by atoms with E-state index in [1.165, 1.54) is 0 Å². The molecule has 0 atom stereocenters. The van der Waals surface area contributed by atoms with Crippen LogP contribution in [0.2, 0.25) is 10.0 Å². The molecule has 0 aliphatic carbocycles. The summed E-state index contributed by atoms with van der Waals surface area (Å²) in [6, 6.07) is 6.66. The highest BCUT2D eigenvalue weighted by Gasteiger charge is 2.21. The predicted octanol–water partition coefficient (Wildman–Crippen LogP) is 3.60. The minimum absolute atomic E-state index is 0.0481. The minimum Gasteiger partial charge on any atom is -0.303 e. The molecule has 0 bridgehead atoms. The molecule has 0 amide bonds. The Bertz CT molecular complexity index is 815. The van der Waals surface area contributed by atoms with Crippen LogP contribution in [-0.2, 0) is 9.84 Å². The summed E-state index contributed by atoms with van der Waals surface area (Å²) in [4.78, 5) is 2.07. The van der Waals surface area contributed by atoms with E-state index in [-0.39, 0.29) is 10.8 Å². The lowest BCUT2D eigenvalue weighted by Gasteiger charge is -2.17. The van der Waals surface area contributed by atoms with Gasteiger partial charge in [0, 0.05) is 12.2 Å². The molecule has 8 heteroatoms. The lowest BCUT2D eigenvalue weighted by molar-refractivity contribution is 0.321. The fourth-order valence-electron chi connectivity index (χ4n) is 2.37. The molecule has 0 fully saturated rings. The van der Waals surface area contributed by atoms with Crippen LogP contribution in [0.1, 0.15) is 19.5 Å². The molecular formula is C16H21Cl2N3O2S. The van der Waals surface area contributed by atoms with Crippen LogP contribution in [-0.4, -0.2) is 48.5 Å². The predicted molar refractivity (Wildman–Crippen MR) is 98.2 cm³/mol. The van der Waals surface area contributed by atoms with E-state index in [0.29, 0.717) is 22.3 Å². The van der Waals surface area contributed by atoms with Gasteiger partial charge in [-0.25, -0.2) is 13.1 Å². The number of halogens is 2. The summed E-state index contributed by atoms with van der Waals surface area (Å²) < 4.78 is 26.6. The number of sulfone groups is 1. The summed E-state index contributed by atoms with van der Waals surface area (Å²) in [7, 11) is -3.44. The maximum atomic E-state index is 12.5. The topological polar surface area (TPSA) is 55.2 Å². The quantitative estimate of drug-likeness (QED) is 0.725. The van der Waals surface area contributed by atoms with Gasteiger partial charge >= 0.3 is 0 Å². The summed E-state index contributed by atoms with van der Waals surface area (Å²) in [5, 5.41) is 5.18. The van der Waals surface area contributed by atoms with Crippen molar-refractivity contribution in [2.24, 2.45) is 0 Å². The van der Waals surface area contributed by atoms with Gasteiger partial charge in [0.1, 0.15) is 0 Å². The van der Waals surface area contributed by atoms with E-state index in [1.54, 1.807) is 35.9 Å². The lowest BCUT2D eigenvalue weighted by Crippen LogP contribution is -2.29. The molecule has 2 aromatic rings. The highest BCUT2D eigenvalue weighted by Crippen LogP contribution is 2.25. The molecule has 0 unspecified atom stereocenters. The maximum absolute atomic E-state index is 12.5. The van der Waals surface area contributed by atoms with Crippen LogP contribution in [0, 0.1) is 6.92 Å². The largest absolute Gasteiger partial charge is 0.303 e. The molecular weight excluding hydrogens is 369 g/mol. The summed E-state index contributed by atoms with van der Waals surface area (Å²) in [5.41, 5.74) is 1.39. The zero-order valence-corrected chi connectivity index (χ0v) is 16.3. The second-order valence-electron chi connectivity index (χ2n) is 5.48. The van der Waals surface area contributed by atoms with Crippen LogP contribution in [0.15, 0.2) is 29.3 Å². The molecule has 0 N–H and O–H groups in total. The number of benzene rings is 1. The first-order valence-electron chi connectivity index (χ1n) is 7.75. The number of hydrogen-bond acceptors (Lipinski definition) is 4. The lowest BCUT2D eigenvalue weighted by atomic mass is 10.3. The van der Waals surface area contributed by atoms with Crippen molar-refractivity contribution in [1.82, 2.24) is 14.7 Å². The van der Waals surface area contributed by atoms with Crippen LogP contribution >= 0.6 is 23.2 Å². The molecule has 1 heterocycles. The van der Waals surface area contributed by atoms with Gasteiger partial charge in [-0.2, -0.15) is 5.10 Å². The molecule has 0 radical (unpaired) electrons. The van der Waals surface area contributed by atoms with Crippen molar-refractivity contribution >= 4 is 33.0 Å². The van der Waals surface area contributed by atoms with E-state index in [0.717, 1.165) is 18.8 Å². The van der Waals surface area contributed by atoms with E-state index in [1.807, 2.05) is 13.8 Å². The van der Waals surface area contributed by atoms with Crippen LogP contribution in [0.3, 0.4) is 0 Å². The molecule has 1 aromatic carbocycles. The zero-order chi connectivity index (χ0) is 17.9. The summed E-state index contributed by atoms with van der Waals surface area (Å²) in [6.07, 6.45) is 0. The van der Waals surface area contributed by atoms with Crippen LogP contribution < -0.4 is 0 Å². The monoisotopic (exact) mass is 389 g/mol. The van der Waals surface area contributed by atoms with Crippen molar-refractivity contribution in [2.45, 2.75) is 25.8 Å². The molecule has 0 saturated heterocycles. The molecule has 24 heavy (non-hydrogen) atoms. The fraction of sp³-hybridized carbons (Fsp3) is 0.438. The molecule has 5 nitrogen and oxygen atoms in total. The number of nitrogens with zero attached hydrogens (tertiary/aromatic N) is 3. The molecule has 0 spiro atoms. The highest BCUT2D eigenvalue weighted by molar-refractivity contribution is 7.91. The Morgan fingerprint density at radius 2 is 1.79 bits per heavy atom. The van der Waals surface area contributed by atoms with Crippen molar-refractivity contribution in [3.63, 3.8) is 0 Å². The van der Waals surface area contributed by atoms with Crippen molar-refractivity contribution in [3.05, 3.63) is 40.0 Å². The van der Waals surface area contributed by atoms with Crippen molar-refractivity contribution in [3.8, 4) is 5.69 Å². The van der Waals surface area contributed by atoms with Gasteiger partial charge < -0.3 is 4.90 Å². The molecule has 2 rings (SSSR count). The number of rotatable bonds is 7. The van der Waals surface area contributed by atoms with E-state index in [9.17, 15) is 8.42 Å². The van der Waals surface area contributed by atoms with Gasteiger partial charge in [0.05, 0.1) is 21.5 Å². The third kappa shape index (κ3) is 4.30. The smallest absolute Gasteiger partial charge is 0.198 e. The van der Waals surface area contributed by atoms with Gasteiger partial charge in [-0.1, -0.05) is 37.0 Å². The van der Waals surface area contributed by atoms with Gasteiger partial charge in [-0.15, -0.1) is 0 Å². The minimum atomic E-state index is -3.44. The molecule has 132 valence electrons. The fourth-order valence-corrected chi connectivity index (χ4v) is 3.93. The Balaban J connectivity index is 2.28. The van der Waals surface area contributed by atoms with E-state index in [4.69, 9.17) is 23.2 Å². The summed E-state index contributed by atoms with van der Waals surface area (Å²) in [5.74, 6) is 0.0481. The standard InChI is InChI=1S/C16H21Cl2N3O2S/c1-4-20(5-2)8-9-24(22,23)16-10-12(3)21(19-16)13-6-7-14(17)15(18)11-13/h6-7,10-11H,4-5,8-9H2,1-3H3. The molecule has 1 aromatic heterocycles. The number of aryl methyl sites for hydroxylation is 1. The first-order valence-corrected chi connectivity index (χ1v) is 10.2. The Labute approximate surface area is 153 Å². The first kappa shape index (κ1) is 19.2. The van der Waals surface area contributed by atoms with E-state index < -0.39 is 9.84 Å². The Morgan fingerprint density at radius 1 is 1.12 bits per heavy atom. The van der Waals surface area contributed by atoms with E-state index >= 15 is 0 Å². The zero-order valence-electron chi connectivity index (χ0n) is 14.0. The van der Waals surface area contributed by atoms with Gasteiger partial charge in [0.2, 0.25) is 0 Å². The van der Waals surface area contributed by atoms with Gasteiger partial charge in [-0.05, 0) is 44.3 Å². The van der Waals surface area contributed by atoms with Crippen molar-refractivity contribution < 1.29 is 8.42 Å². The third-order valence-electron chi connectivity index (χ3n) is 3.90. The normalized spacial score (nSPS) is 12.1. The van der Waals surface area contributed by atoms with Gasteiger partial charge in [0.25, 0.3) is 0 Å². The Kier molecular flexibility index (Phi) is 6.31. The van der Waals surface area contributed by atoms with Crippen molar-refractivity contribution in [2.75, 3.05) is 25.4 Å². The SMILES string of the molecule is CCN(CC)CCS(=O)(=O)c1cc(C)n(-c2ccc(Cl)c(Cl)c2)n1. The van der Waals surface area contributed by atoms with Crippen LogP contribution in [0.25, 0.3) is 5.69 Å². The Morgan fingerprint density at radius 3 is 2.38 bits per heavy atom.